The molecule has 26 heavy (non-hydrogen) atoms. The molecule has 1 aliphatic carbocycles. The van der Waals surface area contributed by atoms with Crippen molar-refractivity contribution >= 4 is 21.8 Å². The maximum atomic E-state index is 12.7. The van der Waals surface area contributed by atoms with Crippen LogP contribution in [0.1, 0.15) is 73.6 Å². The van der Waals surface area contributed by atoms with Crippen LogP contribution < -0.4 is 10.0 Å². The molecule has 1 aromatic rings. The molecule has 2 aliphatic rings. The Kier molecular flexibility index (Phi) is 4.96. The summed E-state index contributed by atoms with van der Waals surface area (Å²) in [4.78, 5) is 23.4. The van der Waals surface area contributed by atoms with Gasteiger partial charge < -0.3 is 0 Å². The monoisotopic (exact) mass is 378 g/mol. The molecule has 142 valence electrons. The smallest absolute Gasteiger partial charge is 0.258 e. The van der Waals surface area contributed by atoms with Gasteiger partial charge in [0, 0.05) is 6.04 Å². The first-order valence-electron chi connectivity index (χ1n) is 9.16. The average Bonchev–Trinajstić information content (AvgIpc) is 2.89. The Labute approximate surface area is 154 Å². The molecule has 1 heterocycles. The molecule has 0 spiro atoms. The average molecular weight is 378 g/mol. The summed E-state index contributed by atoms with van der Waals surface area (Å²) < 4.78 is 28.2. The molecule has 2 amide bonds. The SMILES string of the molecule is CCC(C)(C)C1CCC(NS(=O)(=O)c2ccc3c(c2)C(=O)NC3=O)CC1. The maximum Gasteiger partial charge on any atom is 0.258 e. The van der Waals surface area contributed by atoms with E-state index in [-0.39, 0.29) is 27.5 Å². The zero-order chi connectivity index (χ0) is 19.1. The van der Waals surface area contributed by atoms with Crippen molar-refractivity contribution in [1.29, 1.82) is 0 Å². The zero-order valence-electron chi connectivity index (χ0n) is 15.5. The number of carbonyl (C=O) groups is 2. The molecule has 1 aliphatic heterocycles. The first-order chi connectivity index (χ1) is 12.1. The topological polar surface area (TPSA) is 92.3 Å². The van der Waals surface area contributed by atoms with Gasteiger partial charge in [-0.25, -0.2) is 13.1 Å². The fraction of sp³-hybridized carbons (Fsp3) is 0.579. The lowest BCUT2D eigenvalue weighted by Crippen LogP contribution is -2.39. The summed E-state index contributed by atoms with van der Waals surface area (Å²) in [6.07, 6.45) is 4.77. The third-order valence-corrected chi connectivity index (χ3v) is 7.60. The van der Waals surface area contributed by atoms with Gasteiger partial charge in [0.1, 0.15) is 0 Å². The summed E-state index contributed by atoms with van der Waals surface area (Å²) in [5.74, 6) is -0.425. The van der Waals surface area contributed by atoms with Crippen LogP contribution in [0, 0.1) is 11.3 Å². The summed E-state index contributed by atoms with van der Waals surface area (Å²) in [6, 6.07) is 3.97. The van der Waals surface area contributed by atoms with E-state index in [0.717, 1.165) is 32.1 Å². The van der Waals surface area contributed by atoms with Gasteiger partial charge in [0.15, 0.2) is 0 Å². The minimum absolute atomic E-state index is 0.0251. The molecule has 0 unspecified atom stereocenters. The quantitative estimate of drug-likeness (QED) is 0.771. The molecule has 0 saturated heterocycles. The Morgan fingerprint density at radius 3 is 2.31 bits per heavy atom. The molecule has 7 heteroatoms. The molecule has 2 N–H and O–H groups in total. The van der Waals surface area contributed by atoms with Gasteiger partial charge in [-0.05, 0) is 55.2 Å². The fourth-order valence-corrected chi connectivity index (χ4v) is 5.21. The Morgan fingerprint density at radius 2 is 1.69 bits per heavy atom. The van der Waals surface area contributed by atoms with E-state index in [9.17, 15) is 18.0 Å². The van der Waals surface area contributed by atoms with Crippen LogP contribution in [-0.2, 0) is 10.0 Å². The van der Waals surface area contributed by atoms with Crippen LogP contribution in [0.3, 0.4) is 0 Å². The van der Waals surface area contributed by atoms with Crippen molar-refractivity contribution in [1.82, 2.24) is 10.0 Å². The number of fused-ring (bicyclic) bond motifs is 1. The second kappa shape index (κ2) is 6.78. The maximum absolute atomic E-state index is 12.7. The highest BCUT2D eigenvalue weighted by atomic mass is 32.2. The zero-order valence-corrected chi connectivity index (χ0v) is 16.3. The largest absolute Gasteiger partial charge is 0.288 e. The lowest BCUT2D eigenvalue weighted by molar-refractivity contribution is 0.0879. The van der Waals surface area contributed by atoms with Crippen LogP contribution >= 0.6 is 0 Å². The minimum atomic E-state index is -3.72. The van der Waals surface area contributed by atoms with Crippen LogP contribution in [0.4, 0.5) is 0 Å². The molecule has 0 bridgehead atoms. The third-order valence-electron chi connectivity index (χ3n) is 6.08. The van der Waals surface area contributed by atoms with Crippen molar-refractivity contribution in [3.05, 3.63) is 29.3 Å². The first-order valence-corrected chi connectivity index (χ1v) is 10.6. The van der Waals surface area contributed by atoms with Crippen molar-refractivity contribution in [3.63, 3.8) is 0 Å². The highest BCUT2D eigenvalue weighted by Crippen LogP contribution is 2.40. The van der Waals surface area contributed by atoms with Gasteiger partial charge in [-0.15, -0.1) is 0 Å². The molecular formula is C19H26N2O4S. The number of hydrogen-bond donors (Lipinski definition) is 2. The lowest BCUT2D eigenvalue weighted by Gasteiger charge is -2.39. The highest BCUT2D eigenvalue weighted by molar-refractivity contribution is 7.89. The standard InChI is InChI=1S/C19H26N2O4S/c1-4-19(2,3)12-5-7-13(8-6-12)21-26(24,25)14-9-10-15-16(11-14)18(23)20-17(15)22/h9-13,21H,4-8H2,1-3H3,(H,20,22,23). The van der Waals surface area contributed by atoms with Crippen molar-refractivity contribution in [2.45, 2.75) is 63.8 Å². The number of nitrogens with one attached hydrogen (secondary N) is 2. The van der Waals surface area contributed by atoms with Gasteiger partial charge in [-0.2, -0.15) is 0 Å². The van der Waals surface area contributed by atoms with Gasteiger partial charge in [0.05, 0.1) is 16.0 Å². The van der Waals surface area contributed by atoms with Crippen LogP contribution in [0.15, 0.2) is 23.1 Å². The fourth-order valence-electron chi connectivity index (χ4n) is 3.88. The number of rotatable bonds is 5. The molecule has 1 saturated carbocycles. The second-order valence-corrected chi connectivity index (χ2v) is 9.72. The Morgan fingerprint density at radius 1 is 1.08 bits per heavy atom. The van der Waals surface area contributed by atoms with Crippen LogP contribution in [-0.4, -0.2) is 26.3 Å². The van der Waals surface area contributed by atoms with Crippen molar-refractivity contribution < 1.29 is 18.0 Å². The van der Waals surface area contributed by atoms with E-state index in [1.807, 2.05) is 0 Å². The summed E-state index contributed by atoms with van der Waals surface area (Å²) in [5.41, 5.74) is 0.617. The van der Waals surface area contributed by atoms with Crippen LogP contribution in [0.25, 0.3) is 0 Å². The molecular weight excluding hydrogens is 352 g/mol. The molecule has 1 aromatic carbocycles. The van der Waals surface area contributed by atoms with Gasteiger partial charge in [0.25, 0.3) is 11.8 Å². The van der Waals surface area contributed by atoms with E-state index < -0.39 is 21.8 Å². The van der Waals surface area contributed by atoms with Crippen molar-refractivity contribution in [2.24, 2.45) is 11.3 Å². The van der Waals surface area contributed by atoms with E-state index in [1.165, 1.54) is 18.2 Å². The molecule has 0 radical (unpaired) electrons. The Hall–Kier alpha value is -1.73. The third kappa shape index (κ3) is 3.55. The molecule has 6 nitrogen and oxygen atoms in total. The predicted octanol–water partition coefficient (Wildman–Crippen LogP) is 2.84. The van der Waals surface area contributed by atoms with E-state index in [0.29, 0.717) is 5.92 Å². The summed E-state index contributed by atoms with van der Waals surface area (Å²) in [5, 5.41) is 2.17. The van der Waals surface area contributed by atoms with Gasteiger partial charge in [-0.3, -0.25) is 14.9 Å². The minimum Gasteiger partial charge on any atom is -0.288 e. The predicted molar refractivity (Wildman–Crippen MR) is 98.4 cm³/mol. The van der Waals surface area contributed by atoms with Crippen LogP contribution in [0.5, 0.6) is 0 Å². The molecule has 3 rings (SSSR count). The van der Waals surface area contributed by atoms with Gasteiger partial charge in [0.2, 0.25) is 10.0 Å². The summed E-state index contributed by atoms with van der Waals surface area (Å²) in [6.45, 7) is 6.75. The number of sulfonamides is 1. The van der Waals surface area contributed by atoms with Crippen LogP contribution in [0.2, 0.25) is 0 Å². The summed E-state index contributed by atoms with van der Waals surface area (Å²) in [7, 11) is -3.72. The van der Waals surface area contributed by atoms with Crippen molar-refractivity contribution in [3.8, 4) is 0 Å². The number of carbonyl (C=O) groups excluding carboxylic acids is 2. The number of amides is 2. The normalized spacial score (nSPS) is 23.7. The lowest BCUT2D eigenvalue weighted by atomic mass is 9.69. The van der Waals surface area contributed by atoms with E-state index in [4.69, 9.17) is 0 Å². The van der Waals surface area contributed by atoms with E-state index >= 15 is 0 Å². The molecule has 0 aromatic heterocycles. The van der Waals surface area contributed by atoms with Gasteiger partial charge >= 0.3 is 0 Å². The van der Waals surface area contributed by atoms with E-state index in [2.05, 4.69) is 30.8 Å². The number of imide groups is 1. The van der Waals surface area contributed by atoms with Gasteiger partial charge in [-0.1, -0.05) is 27.2 Å². The highest BCUT2D eigenvalue weighted by Gasteiger charge is 2.34. The number of benzene rings is 1. The van der Waals surface area contributed by atoms with Crippen molar-refractivity contribution in [2.75, 3.05) is 0 Å². The first kappa shape index (κ1) is 19.0. The molecule has 0 atom stereocenters. The van der Waals surface area contributed by atoms with E-state index in [1.54, 1.807) is 0 Å². The number of hydrogen-bond acceptors (Lipinski definition) is 4. The second-order valence-electron chi connectivity index (χ2n) is 8.00. The molecule has 1 fully saturated rings. The Bertz CT molecular complexity index is 837. The Balaban J connectivity index is 1.70. The summed E-state index contributed by atoms with van der Waals surface area (Å²) >= 11 is 0.